The van der Waals surface area contributed by atoms with Gasteiger partial charge in [-0.05, 0) is 53.4 Å². The summed E-state index contributed by atoms with van der Waals surface area (Å²) in [6, 6.07) is -0.990. The molecule has 1 aliphatic carbocycles. The van der Waals surface area contributed by atoms with Crippen molar-refractivity contribution in [2.75, 3.05) is 13.2 Å². The van der Waals surface area contributed by atoms with Gasteiger partial charge in [-0.2, -0.15) is 0 Å². The summed E-state index contributed by atoms with van der Waals surface area (Å²) >= 11 is 0. The first kappa shape index (κ1) is 22.5. The third kappa shape index (κ3) is 6.96. The summed E-state index contributed by atoms with van der Waals surface area (Å²) in [6.07, 6.45) is 1.26. The van der Waals surface area contributed by atoms with Crippen LogP contribution in [0.3, 0.4) is 0 Å². The number of ether oxygens (including phenoxy) is 4. The number of nitrogens with one attached hydrogen (secondary N) is 1. The van der Waals surface area contributed by atoms with Gasteiger partial charge < -0.3 is 24.3 Å². The molecular weight excluding hydrogens is 366 g/mol. The molecule has 0 spiro atoms. The Morgan fingerprint density at radius 2 is 1.89 bits per heavy atom. The van der Waals surface area contributed by atoms with Gasteiger partial charge in [-0.3, -0.25) is 4.79 Å². The van der Waals surface area contributed by atoms with E-state index < -0.39 is 35.9 Å². The van der Waals surface area contributed by atoms with Crippen molar-refractivity contribution in [1.82, 2.24) is 5.32 Å². The third-order valence-corrected chi connectivity index (χ3v) is 4.81. The van der Waals surface area contributed by atoms with Gasteiger partial charge in [0.05, 0.1) is 12.5 Å². The Morgan fingerprint density at radius 3 is 2.46 bits per heavy atom. The summed E-state index contributed by atoms with van der Waals surface area (Å²) in [5.74, 6) is -0.871. The van der Waals surface area contributed by atoms with Crippen LogP contribution in [-0.2, 0) is 28.5 Å². The fraction of sp³-hybridized carbons (Fsp3) is 0.850. The zero-order valence-electron chi connectivity index (χ0n) is 17.5. The zero-order valence-corrected chi connectivity index (χ0v) is 17.5. The molecule has 0 bridgehead atoms. The van der Waals surface area contributed by atoms with E-state index in [9.17, 15) is 14.4 Å². The first-order chi connectivity index (χ1) is 13.1. The van der Waals surface area contributed by atoms with E-state index in [1.54, 1.807) is 27.7 Å². The lowest BCUT2D eigenvalue weighted by molar-refractivity contribution is -0.176. The van der Waals surface area contributed by atoms with Crippen LogP contribution < -0.4 is 5.32 Å². The van der Waals surface area contributed by atoms with Crippen LogP contribution in [0.2, 0.25) is 0 Å². The second-order valence-corrected chi connectivity index (χ2v) is 8.55. The summed E-state index contributed by atoms with van der Waals surface area (Å²) in [7, 11) is 0. The Hall–Kier alpha value is -1.83. The van der Waals surface area contributed by atoms with Crippen LogP contribution in [0.5, 0.6) is 0 Å². The fourth-order valence-electron chi connectivity index (χ4n) is 3.11. The molecule has 4 atom stereocenters. The molecule has 1 N–H and O–H groups in total. The SMILES string of the molecule is CC[C@H]1CCOC[C@H](NC(=O)OC(C)(C)C)C(=O)O[C@@H](C)[C@@H]1OC(=O)C1CC1. The van der Waals surface area contributed by atoms with E-state index in [1.165, 1.54) is 0 Å². The summed E-state index contributed by atoms with van der Waals surface area (Å²) in [5, 5.41) is 2.50. The van der Waals surface area contributed by atoms with E-state index in [0.29, 0.717) is 13.0 Å². The third-order valence-electron chi connectivity index (χ3n) is 4.81. The van der Waals surface area contributed by atoms with Crippen LogP contribution in [-0.4, -0.2) is 55.1 Å². The Kier molecular flexibility index (Phi) is 7.69. The second-order valence-electron chi connectivity index (χ2n) is 8.55. The average molecular weight is 399 g/mol. The Bertz CT molecular complexity index is 567. The maximum atomic E-state index is 12.6. The van der Waals surface area contributed by atoms with Crippen molar-refractivity contribution in [1.29, 1.82) is 0 Å². The minimum absolute atomic E-state index is 0.00619. The molecule has 1 aliphatic heterocycles. The van der Waals surface area contributed by atoms with E-state index >= 15 is 0 Å². The number of rotatable bonds is 4. The number of amides is 1. The lowest BCUT2D eigenvalue weighted by Crippen LogP contribution is -2.50. The molecule has 0 unspecified atom stereocenters. The molecule has 0 aromatic heterocycles. The number of hydrogen-bond acceptors (Lipinski definition) is 7. The van der Waals surface area contributed by atoms with Gasteiger partial charge in [0, 0.05) is 12.5 Å². The van der Waals surface area contributed by atoms with Crippen LogP contribution >= 0.6 is 0 Å². The van der Waals surface area contributed by atoms with Crippen LogP contribution in [0, 0.1) is 11.8 Å². The Balaban J connectivity index is 2.05. The van der Waals surface area contributed by atoms with Gasteiger partial charge in [0.1, 0.15) is 17.8 Å². The Labute approximate surface area is 166 Å². The minimum atomic E-state index is -0.990. The highest BCUT2D eigenvalue weighted by atomic mass is 16.6. The van der Waals surface area contributed by atoms with Crippen LogP contribution in [0.15, 0.2) is 0 Å². The smallest absolute Gasteiger partial charge is 0.408 e. The van der Waals surface area contributed by atoms with Gasteiger partial charge in [0.25, 0.3) is 0 Å². The predicted molar refractivity (Wildman–Crippen MR) is 101 cm³/mol. The molecule has 1 heterocycles. The maximum absolute atomic E-state index is 12.6. The highest BCUT2D eigenvalue weighted by Crippen LogP contribution is 2.32. The predicted octanol–water partition coefficient (Wildman–Crippen LogP) is 2.58. The summed E-state index contributed by atoms with van der Waals surface area (Å²) in [5.41, 5.74) is -0.686. The molecule has 0 radical (unpaired) electrons. The molecule has 1 amide bonds. The van der Waals surface area contributed by atoms with Gasteiger partial charge in [0.2, 0.25) is 0 Å². The van der Waals surface area contributed by atoms with E-state index in [2.05, 4.69) is 5.32 Å². The fourth-order valence-corrected chi connectivity index (χ4v) is 3.11. The van der Waals surface area contributed by atoms with Crippen LogP contribution in [0.4, 0.5) is 4.79 Å². The minimum Gasteiger partial charge on any atom is -0.458 e. The quantitative estimate of drug-likeness (QED) is 0.573. The molecule has 0 aromatic carbocycles. The summed E-state index contributed by atoms with van der Waals surface area (Å²) in [4.78, 5) is 36.8. The largest absolute Gasteiger partial charge is 0.458 e. The molecule has 1 saturated carbocycles. The molecule has 2 aliphatic rings. The molecule has 8 nitrogen and oxygen atoms in total. The molecule has 2 rings (SSSR count). The maximum Gasteiger partial charge on any atom is 0.408 e. The molecule has 8 heteroatoms. The first-order valence-corrected chi connectivity index (χ1v) is 10.1. The summed E-state index contributed by atoms with van der Waals surface area (Å²) < 4.78 is 22.1. The van der Waals surface area contributed by atoms with Gasteiger partial charge >= 0.3 is 18.0 Å². The molecular formula is C20H33NO7. The van der Waals surface area contributed by atoms with E-state index in [1.807, 2.05) is 6.92 Å². The first-order valence-electron chi connectivity index (χ1n) is 10.1. The van der Waals surface area contributed by atoms with Crippen LogP contribution in [0.25, 0.3) is 0 Å². The second kappa shape index (κ2) is 9.58. The lowest BCUT2D eigenvalue weighted by Gasteiger charge is -2.33. The van der Waals surface area contributed by atoms with Gasteiger partial charge in [-0.15, -0.1) is 0 Å². The topological polar surface area (TPSA) is 100 Å². The number of esters is 2. The summed E-state index contributed by atoms with van der Waals surface area (Å²) in [6.45, 7) is 9.33. The van der Waals surface area contributed by atoms with Gasteiger partial charge in [-0.1, -0.05) is 6.92 Å². The van der Waals surface area contributed by atoms with Gasteiger partial charge in [0.15, 0.2) is 6.04 Å². The molecule has 160 valence electrons. The van der Waals surface area contributed by atoms with Gasteiger partial charge in [-0.25, -0.2) is 9.59 Å². The number of hydrogen-bond donors (Lipinski definition) is 1. The Morgan fingerprint density at radius 1 is 1.21 bits per heavy atom. The zero-order chi connectivity index (χ0) is 20.9. The van der Waals surface area contributed by atoms with E-state index in [4.69, 9.17) is 18.9 Å². The highest BCUT2D eigenvalue weighted by Gasteiger charge is 2.39. The molecule has 28 heavy (non-hydrogen) atoms. The van der Waals surface area contributed by atoms with Crippen molar-refractivity contribution in [2.45, 2.75) is 84.2 Å². The van der Waals surface area contributed by atoms with Crippen molar-refractivity contribution in [3.8, 4) is 0 Å². The highest BCUT2D eigenvalue weighted by molar-refractivity contribution is 5.81. The van der Waals surface area contributed by atoms with Crippen molar-refractivity contribution in [2.24, 2.45) is 11.8 Å². The van der Waals surface area contributed by atoms with Crippen molar-refractivity contribution < 1.29 is 33.3 Å². The van der Waals surface area contributed by atoms with Crippen molar-refractivity contribution >= 4 is 18.0 Å². The number of carbonyl (C=O) groups is 3. The normalized spacial score (nSPS) is 29.4. The average Bonchev–Trinajstić information content (AvgIpc) is 3.41. The van der Waals surface area contributed by atoms with E-state index in [0.717, 1.165) is 19.3 Å². The monoisotopic (exact) mass is 399 g/mol. The molecule has 0 aromatic rings. The van der Waals surface area contributed by atoms with E-state index in [-0.39, 0.29) is 24.4 Å². The van der Waals surface area contributed by atoms with Crippen LogP contribution in [0.1, 0.15) is 60.3 Å². The number of carbonyl (C=O) groups excluding carboxylic acids is 3. The number of alkyl carbamates (subject to hydrolysis) is 1. The molecule has 1 saturated heterocycles. The molecule has 2 fully saturated rings. The standard InChI is InChI=1S/C20H33NO7/c1-6-13-9-10-25-11-15(21-19(24)28-20(3,4)5)18(23)26-12(2)16(13)27-17(22)14-7-8-14/h12-16H,6-11H2,1-5H3,(H,21,24)/t12-,13-,15-,16-/m0/s1. The lowest BCUT2D eigenvalue weighted by atomic mass is 9.92. The van der Waals surface area contributed by atoms with Crippen molar-refractivity contribution in [3.63, 3.8) is 0 Å². The van der Waals surface area contributed by atoms with Crippen molar-refractivity contribution in [3.05, 3.63) is 0 Å². The number of cyclic esters (lactones) is 1.